The predicted molar refractivity (Wildman–Crippen MR) is 57.2 cm³/mol. The van der Waals surface area contributed by atoms with E-state index in [1.807, 2.05) is 13.0 Å². The van der Waals surface area contributed by atoms with Crippen molar-refractivity contribution in [1.82, 2.24) is 0 Å². The molecule has 0 radical (unpaired) electrons. The van der Waals surface area contributed by atoms with Crippen LogP contribution in [0.5, 0.6) is 5.75 Å². The van der Waals surface area contributed by atoms with Crippen LogP contribution in [0.1, 0.15) is 18.1 Å². The lowest BCUT2D eigenvalue weighted by atomic mass is 9.90. The van der Waals surface area contributed by atoms with E-state index in [0.29, 0.717) is 12.5 Å². The summed E-state index contributed by atoms with van der Waals surface area (Å²) in [5, 5.41) is 4.16. The molecule has 2 aliphatic heterocycles. The summed E-state index contributed by atoms with van der Waals surface area (Å²) in [5.74, 6) is 1.22. The van der Waals surface area contributed by atoms with Crippen LogP contribution in [-0.4, -0.2) is 18.4 Å². The van der Waals surface area contributed by atoms with Crippen LogP contribution in [-0.2, 0) is 4.84 Å². The summed E-state index contributed by atoms with van der Waals surface area (Å²) in [6, 6.07) is 6.17. The first-order valence-corrected chi connectivity index (χ1v) is 5.23. The average Bonchev–Trinajstić information content (AvgIpc) is 2.61. The van der Waals surface area contributed by atoms with Crippen LogP contribution < -0.4 is 4.74 Å². The summed E-state index contributed by atoms with van der Waals surface area (Å²) in [5.41, 5.74) is 3.36. The minimum atomic E-state index is 0.133. The molecule has 2 atom stereocenters. The molecular weight excluding hydrogens is 190 g/mol. The van der Waals surface area contributed by atoms with Gasteiger partial charge in [0.1, 0.15) is 24.2 Å². The Morgan fingerprint density at radius 2 is 2.27 bits per heavy atom. The van der Waals surface area contributed by atoms with Gasteiger partial charge in [-0.1, -0.05) is 16.8 Å². The van der Waals surface area contributed by atoms with Gasteiger partial charge in [0.15, 0.2) is 0 Å². The second kappa shape index (κ2) is 2.99. The summed E-state index contributed by atoms with van der Waals surface area (Å²) in [6.45, 7) is 4.78. The van der Waals surface area contributed by atoms with E-state index in [0.717, 1.165) is 17.0 Å². The number of ether oxygens (including phenoxy) is 1. The third kappa shape index (κ3) is 1.23. The van der Waals surface area contributed by atoms with Gasteiger partial charge in [-0.25, -0.2) is 0 Å². The zero-order valence-corrected chi connectivity index (χ0v) is 8.86. The van der Waals surface area contributed by atoms with Gasteiger partial charge in [0.05, 0.1) is 5.92 Å². The molecule has 3 heteroatoms. The van der Waals surface area contributed by atoms with Gasteiger partial charge in [-0.05, 0) is 26.0 Å². The maximum Gasteiger partial charge on any atom is 0.136 e. The number of benzene rings is 1. The summed E-state index contributed by atoms with van der Waals surface area (Å²) in [4.78, 5) is 5.30. The molecule has 0 spiro atoms. The van der Waals surface area contributed by atoms with Crippen LogP contribution in [0.15, 0.2) is 23.4 Å². The standard InChI is InChI=1S/C12H13NO2/c1-7-3-4-11-9(5-7)12-10(6-14-11)8(2)15-13-12/h3-5,8,10H,6H2,1-2H3. The molecule has 0 aliphatic carbocycles. The van der Waals surface area contributed by atoms with Crippen molar-refractivity contribution in [3.8, 4) is 5.75 Å². The fourth-order valence-corrected chi connectivity index (χ4v) is 2.12. The predicted octanol–water partition coefficient (Wildman–Crippen LogP) is 2.13. The number of nitrogens with zero attached hydrogens (tertiary/aromatic N) is 1. The number of hydrogen-bond acceptors (Lipinski definition) is 3. The minimum Gasteiger partial charge on any atom is -0.492 e. The fraction of sp³-hybridized carbons (Fsp3) is 0.417. The van der Waals surface area contributed by atoms with Crippen molar-refractivity contribution in [3.05, 3.63) is 29.3 Å². The highest BCUT2D eigenvalue weighted by Crippen LogP contribution is 2.33. The van der Waals surface area contributed by atoms with Crippen LogP contribution in [0.25, 0.3) is 0 Å². The van der Waals surface area contributed by atoms with Crippen molar-refractivity contribution in [2.75, 3.05) is 6.61 Å². The quantitative estimate of drug-likeness (QED) is 0.646. The Hall–Kier alpha value is -1.51. The maximum absolute atomic E-state index is 5.70. The summed E-state index contributed by atoms with van der Waals surface area (Å²) >= 11 is 0. The summed E-state index contributed by atoms with van der Waals surface area (Å²) in [6.07, 6.45) is 0.133. The molecule has 2 heterocycles. The Labute approximate surface area is 88.7 Å². The lowest BCUT2D eigenvalue weighted by molar-refractivity contribution is 0.0625. The Balaban J connectivity index is 2.11. The largest absolute Gasteiger partial charge is 0.492 e. The van der Waals surface area contributed by atoms with Crippen molar-refractivity contribution in [2.24, 2.45) is 11.1 Å². The molecule has 3 rings (SSSR count). The van der Waals surface area contributed by atoms with Gasteiger partial charge in [0, 0.05) is 5.56 Å². The number of aryl methyl sites for hydroxylation is 1. The number of hydrogen-bond donors (Lipinski definition) is 0. The van der Waals surface area contributed by atoms with Crippen molar-refractivity contribution in [2.45, 2.75) is 20.0 Å². The topological polar surface area (TPSA) is 30.8 Å². The SMILES string of the molecule is Cc1ccc2c(c1)C1=NOC(C)C1CO2. The molecular formula is C12H13NO2. The van der Waals surface area contributed by atoms with Crippen molar-refractivity contribution >= 4 is 5.71 Å². The molecule has 15 heavy (non-hydrogen) atoms. The zero-order valence-electron chi connectivity index (χ0n) is 8.86. The normalized spacial score (nSPS) is 27.2. The molecule has 0 bridgehead atoms. The lowest BCUT2D eigenvalue weighted by Crippen LogP contribution is -2.32. The first-order chi connectivity index (χ1) is 7.25. The van der Waals surface area contributed by atoms with Crippen LogP contribution in [0.4, 0.5) is 0 Å². The average molecular weight is 203 g/mol. The highest BCUT2D eigenvalue weighted by Gasteiger charge is 2.37. The summed E-state index contributed by atoms with van der Waals surface area (Å²) < 4.78 is 5.70. The molecule has 1 aromatic carbocycles. The third-order valence-corrected chi connectivity index (χ3v) is 3.06. The van der Waals surface area contributed by atoms with Crippen molar-refractivity contribution < 1.29 is 9.57 Å². The Morgan fingerprint density at radius 1 is 1.40 bits per heavy atom. The van der Waals surface area contributed by atoms with Crippen molar-refractivity contribution in [1.29, 1.82) is 0 Å². The second-order valence-electron chi connectivity index (χ2n) is 4.20. The van der Waals surface area contributed by atoms with Gasteiger partial charge >= 0.3 is 0 Å². The van der Waals surface area contributed by atoms with E-state index in [4.69, 9.17) is 9.57 Å². The molecule has 0 fully saturated rings. The molecule has 0 saturated carbocycles. The van der Waals surface area contributed by atoms with Crippen LogP contribution in [0, 0.1) is 12.8 Å². The molecule has 2 aliphatic rings. The molecule has 0 N–H and O–H groups in total. The monoisotopic (exact) mass is 203 g/mol. The van der Waals surface area contributed by atoms with E-state index in [9.17, 15) is 0 Å². The molecule has 2 unspecified atom stereocenters. The lowest BCUT2D eigenvalue weighted by Gasteiger charge is -2.23. The van der Waals surface area contributed by atoms with Gasteiger partial charge in [0.2, 0.25) is 0 Å². The van der Waals surface area contributed by atoms with E-state index in [1.54, 1.807) is 0 Å². The first-order valence-electron chi connectivity index (χ1n) is 5.23. The molecule has 0 amide bonds. The van der Waals surface area contributed by atoms with E-state index >= 15 is 0 Å². The van der Waals surface area contributed by atoms with Gasteiger partial charge in [-0.2, -0.15) is 0 Å². The molecule has 0 saturated heterocycles. The second-order valence-corrected chi connectivity index (χ2v) is 4.20. The maximum atomic E-state index is 5.70. The summed E-state index contributed by atoms with van der Waals surface area (Å²) in [7, 11) is 0. The smallest absolute Gasteiger partial charge is 0.136 e. The van der Waals surface area contributed by atoms with Gasteiger partial charge in [0.25, 0.3) is 0 Å². The molecule has 1 aromatic rings. The number of oxime groups is 1. The van der Waals surface area contributed by atoms with Gasteiger partial charge in [-0.15, -0.1) is 0 Å². The highest BCUT2D eigenvalue weighted by molar-refractivity contribution is 6.06. The third-order valence-electron chi connectivity index (χ3n) is 3.06. The molecule has 3 nitrogen and oxygen atoms in total. The highest BCUT2D eigenvalue weighted by atomic mass is 16.6. The van der Waals surface area contributed by atoms with Gasteiger partial charge in [-0.3, -0.25) is 0 Å². The van der Waals surface area contributed by atoms with E-state index < -0.39 is 0 Å². The van der Waals surface area contributed by atoms with Crippen LogP contribution >= 0.6 is 0 Å². The van der Waals surface area contributed by atoms with Crippen LogP contribution in [0.3, 0.4) is 0 Å². The fourth-order valence-electron chi connectivity index (χ4n) is 2.12. The number of rotatable bonds is 0. The van der Waals surface area contributed by atoms with E-state index in [1.165, 1.54) is 5.56 Å². The Kier molecular flexibility index (Phi) is 1.75. The Morgan fingerprint density at radius 3 is 3.13 bits per heavy atom. The Bertz CT molecular complexity index is 439. The number of fused-ring (bicyclic) bond motifs is 3. The van der Waals surface area contributed by atoms with E-state index in [2.05, 4.69) is 24.2 Å². The zero-order chi connectivity index (χ0) is 10.4. The van der Waals surface area contributed by atoms with Crippen LogP contribution in [0.2, 0.25) is 0 Å². The first kappa shape index (κ1) is 8.77. The molecule has 78 valence electrons. The van der Waals surface area contributed by atoms with Crippen molar-refractivity contribution in [3.63, 3.8) is 0 Å². The van der Waals surface area contributed by atoms with E-state index in [-0.39, 0.29) is 6.10 Å². The van der Waals surface area contributed by atoms with Gasteiger partial charge < -0.3 is 9.57 Å². The minimum absolute atomic E-state index is 0.133. The molecule has 0 aromatic heterocycles.